The highest BCUT2D eigenvalue weighted by Crippen LogP contribution is 2.66. The number of hydrogen-bond acceptors (Lipinski definition) is 5. The molecule has 5 heteroatoms. The van der Waals surface area contributed by atoms with E-state index in [4.69, 9.17) is 10.5 Å². The summed E-state index contributed by atoms with van der Waals surface area (Å²) in [7, 11) is 0. The number of aliphatic hydroxyl groups is 1. The maximum Gasteiger partial charge on any atom is 0.174 e. The molecule has 4 N–H and O–H groups in total. The monoisotopic (exact) mass is 301 g/mol. The Morgan fingerprint density at radius 3 is 2.95 bits per heavy atom. The molecule has 5 atom stereocenters. The van der Waals surface area contributed by atoms with Crippen molar-refractivity contribution in [1.29, 1.82) is 0 Å². The smallest absolute Gasteiger partial charge is 0.174 e. The number of aromatic hydroxyl groups is 1. The molecule has 1 aliphatic heterocycles. The van der Waals surface area contributed by atoms with E-state index in [0.29, 0.717) is 31.4 Å². The van der Waals surface area contributed by atoms with Gasteiger partial charge in [-0.15, -0.1) is 0 Å². The van der Waals surface area contributed by atoms with Crippen molar-refractivity contribution in [3.8, 4) is 11.5 Å². The standard InChI is InChI=1S/C17H19NO4/c18-10-3-5-16-13-8-1-2-11(19)14(13)22-15(16)12(20)4-6-17(16,21)9(10)7-8/h1-2,9-10,15,19,21H,3-7,18H2/t9-,10?,15-,16-,17+/m0/s1. The summed E-state index contributed by atoms with van der Waals surface area (Å²) in [6, 6.07) is 3.46. The van der Waals surface area contributed by atoms with Crippen molar-refractivity contribution in [2.75, 3.05) is 0 Å². The molecule has 0 radical (unpaired) electrons. The highest BCUT2D eigenvalue weighted by Gasteiger charge is 2.72. The Labute approximate surface area is 128 Å². The van der Waals surface area contributed by atoms with Crippen LogP contribution in [0.2, 0.25) is 0 Å². The summed E-state index contributed by atoms with van der Waals surface area (Å²) >= 11 is 0. The van der Waals surface area contributed by atoms with Gasteiger partial charge in [0.25, 0.3) is 0 Å². The SMILES string of the molecule is NC1CC[C@]23c4c5ccc(O)c4O[C@H]2C(=O)CC[C@@]3(O)[C@H]1C5. The largest absolute Gasteiger partial charge is 0.504 e. The Morgan fingerprint density at radius 1 is 1.32 bits per heavy atom. The predicted molar refractivity (Wildman–Crippen MR) is 77.8 cm³/mol. The summed E-state index contributed by atoms with van der Waals surface area (Å²) in [5, 5.41) is 21.8. The average Bonchev–Trinajstić information content (AvgIpc) is 2.85. The molecule has 1 spiro atoms. The highest BCUT2D eigenvalue weighted by molar-refractivity contribution is 5.89. The lowest BCUT2D eigenvalue weighted by atomic mass is 9.45. The van der Waals surface area contributed by atoms with Crippen LogP contribution < -0.4 is 10.5 Å². The highest BCUT2D eigenvalue weighted by atomic mass is 16.5. The molecule has 0 saturated heterocycles. The molecule has 0 aromatic heterocycles. The average molecular weight is 301 g/mol. The fourth-order valence-electron chi connectivity index (χ4n) is 5.69. The summed E-state index contributed by atoms with van der Waals surface area (Å²) < 4.78 is 5.92. The van der Waals surface area contributed by atoms with E-state index in [1.807, 2.05) is 6.07 Å². The Morgan fingerprint density at radius 2 is 2.14 bits per heavy atom. The molecule has 5 rings (SSSR count). The van der Waals surface area contributed by atoms with Crippen LogP contribution in [0.15, 0.2) is 12.1 Å². The van der Waals surface area contributed by atoms with Gasteiger partial charge in [0.1, 0.15) is 0 Å². The molecule has 1 aromatic rings. The molecule has 116 valence electrons. The molecule has 1 heterocycles. The van der Waals surface area contributed by atoms with Crippen molar-refractivity contribution >= 4 is 5.78 Å². The maximum atomic E-state index is 12.5. The first kappa shape index (κ1) is 12.9. The molecule has 5 nitrogen and oxygen atoms in total. The Hall–Kier alpha value is -1.59. The van der Waals surface area contributed by atoms with E-state index in [1.54, 1.807) is 6.07 Å². The van der Waals surface area contributed by atoms with Gasteiger partial charge in [0.2, 0.25) is 0 Å². The van der Waals surface area contributed by atoms with Crippen LogP contribution in [0, 0.1) is 5.92 Å². The lowest BCUT2D eigenvalue weighted by Gasteiger charge is -2.61. The van der Waals surface area contributed by atoms with Gasteiger partial charge in [-0.1, -0.05) is 6.07 Å². The molecule has 4 aliphatic rings. The van der Waals surface area contributed by atoms with Crippen LogP contribution in [-0.4, -0.2) is 33.7 Å². The quantitative estimate of drug-likeness (QED) is 0.658. The number of Topliss-reactive ketones (excluding diaryl/α,β-unsaturated/α-hetero) is 1. The van der Waals surface area contributed by atoms with Gasteiger partial charge in [0.15, 0.2) is 23.4 Å². The molecule has 2 bridgehead atoms. The van der Waals surface area contributed by atoms with Crippen LogP contribution >= 0.6 is 0 Å². The number of ether oxygens (including phenoxy) is 1. The Bertz CT molecular complexity index is 717. The number of carbonyl (C=O) groups is 1. The zero-order valence-electron chi connectivity index (χ0n) is 12.2. The minimum absolute atomic E-state index is 0.0300. The third-order valence-corrected chi connectivity index (χ3v) is 6.61. The van der Waals surface area contributed by atoms with Crippen LogP contribution in [0.1, 0.15) is 36.8 Å². The summed E-state index contributed by atoms with van der Waals surface area (Å²) in [6.45, 7) is 0. The zero-order valence-corrected chi connectivity index (χ0v) is 12.2. The fourth-order valence-corrected chi connectivity index (χ4v) is 5.69. The van der Waals surface area contributed by atoms with Crippen LogP contribution in [-0.2, 0) is 16.6 Å². The van der Waals surface area contributed by atoms with Crippen molar-refractivity contribution in [3.05, 3.63) is 23.3 Å². The van der Waals surface area contributed by atoms with E-state index in [1.165, 1.54) is 0 Å². The van der Waals surface area contributed by atoms with Crippen molar-refractivity contribution < 1.29 is 19.7 Å². The van der Waals surface area contributed by atoms with Gasteiger partial charge in [0.05, 0.1) is 11.0 Å². The number of hydrogen-bond donors (Lipinski definition) is 3. The number of carbonyl (C=O) groups excluding carboxylic acids is 1. The van der Waals surface area contributed by atoms with Gasteiger partial charge >= 0.3 is 0 Å². The van der Waals surface area contributed by atoms with Gasteiger partial charge < -0.3 is 20.7 Å². The second kappa shape index (κ2) is 3.66. The molecule has 3 aliphatic carbocycles. The maximum absolute atomic E-state index is 12.5. The summed E-state index contributed by atoms with van der Waals surface area (Å²) in [5.74, 6) is 0.446. The van der Waals surface area contributed by atoms with Crippen LogP contribution in [0.3, 0.4) is 0 Å². The van der Waals surface area contributed by atoms with Gasteiger partial charge in [-0.25, -0.2) is 0 Å². The zero-order chi connectivity index (χ0) is 15.3. The minimum atomic E-state index is -1.00. The number of benzene rings is 1. The summed E-state index contributed by atoms with van der Waals surface area (Å²) in [6.07, 6.45) is 2.18. The second-order valence-corrected chi connectivity index (χ2v) is 7.32. The molecule has 1 unspecified atom stereocenters. The van der Waals surface area contributed by atoms with E-state index >= 15 is 0 Å². The van der Waals surface area contributed by atoms with Gasteiger partial charge in [-0.2, -0.15) is 0 Å². The Kier molecular flexibility index (Phi) is 2.15. The first-order valence-corrected chi connectivity index (χ1v) is 8.02. The number of nitrogens with two attached hydrogens (primary N) is 1. The van der Waals surface area contributed by atoms with Gasteiger partial charge in [0, 0.05) is 23.9 Å². The van der Waals surface area contributed by atoms with Crippen molar-refractivity contribution in [2.45, 2.75) is 55.3 Å². The molecule has 22 heavy (non-hydrogen) atoms. The topological polar surface area (TPSA) is 92.8 Å². The third-order valence-electron chi connectivity index (χ3n) is 6.61. The minimum Gasteiger partial charge on any atom is -0.504 e. The third kappa shape index (κ3) is 1.13. The Balaban J connectivity index is 1.88. The number of ketones is 1. The van der Waals surface area contributed by atoms with Gasteiger partial charge in [-0.05, 0) is 37.3 Å². The number of rotatable bonds is 0. The molecule has 2 fully saturated rings. The van der Waals surface area contributed by atoms with Crippen LogP contribution in [0.5, 0.6) is 11.5 Å². The number of phenolic OH excluding ortho intramolecular Hbond substituents is 1. The lowest BCUT2D eigenvalue weighted by Crippen LogP contribution is -2.73. The van der Waals surface area contributed by atoms with E-state index < -0.39 is 17.1 Å². The summed E-state index contributed by atoms with van der Waals surface area (Å²) in [4.78, 5) is 12.5. The van der Waals surface area contributed by atoms with Crippen LogP contribution in [0.25, 0.3) is 0 Å². The fraction of sp³-hybridized carbons (Fsp3) is 0.588. The summed E-state index contributed by atoms with van der Waals surface area (Å²) in [5.41, 5.74) is 6.54. The van der Waals surface area contributed by atoms with Crippen LogP contribution in [0.4, 0.5) is 0 Å². The van der Waals surface area contributed by atoms with E-state index in [2.05, 4.69) is 0 Å². The lowest BCUT2D eigenvalue weighted by molar-refractivity contribution is -0.180. The van der Waals surface area contributed by atoms with Crippen molar-refractivity contribution in [2.24, 2.45) is 11.7 Å². The van der Waals surface area contributed by atoms with Gasteiger partial charge in [-0.3, -0.25) is 4.79 Å². The van der Waals surface area contributed by atoms with E-state index in [-0.39, 0.29) is 23.5 Å². The first-order valence-electron chi connectivity index (χ1n) is 8.02. The first-order chi connectivity index (χ1) is 10.5. The molecule has 1 aromatic carbocycles. The van der Waals surface area contributed by atoms with Crippen molar-refractivity contribution in [3.63, 3.8) is 0 Å². The predicted octanol–water partition coefficient (Wildman–Crippen LogP) is 0.778. The molecular weight excluding hydrogens is 282 g/mol. The van der Waals surface area contributed by atoms with E-state index in [0.717, 1.165) is 17.5 Å². The molecule has 2 saturated carbocycles. The van der Waals surface area contributed by atoms with E-state index in [9.17, 15) is 15.0 Å². The van der Waals surface area contributed by atoms with Crippen molar-refractivity contribution in [1.82, 2.24) is 0 Å². The normalized spacial score (nSPS) is 44.5. The second-order valence-electron chi connectivity index (χ2n) is 7.32. The molecule has 0 amide bonds. The number of phenols is 1. The molecular formula is C17H19NO4.